The van der Waals surface area contributed by atoms with Crippen LogP contribution in [-0.2, 0) is 6.42 Å². The number of fused-ring (bicyclic) bond motifs is 1. The summed E-state index contributed by atoms with van der Waals surface area (Å²) in [6.07, 6.45) is 2.49. The molecule has 0 saturated heterocycles. The number of nitrogens with one attached hydrogen (secondary N) is 2. The number of amides is 1. The molecule has 0 radical (unpaired) electrons. The van der Waals surface area contributed by atoms with Gasteiger partial charge in [0.25, 0.3) is 5.91 Å². The second-order valence-electron chi connectivity index (χ2n) is 5.96. The highest BCUT2D eigenvalue weighted by molar-refractivity contribution is 6.03. The number of nitrogens with zero attached hydrogens (tertiary/aromatic N) is 2. The second-order valence-corrected chi connectivity index (χ2v) is 5.96. The molecule has 0 saturated carbocycles. The predicted octanol–water partition coefficient (Wildman–Crippen LogP) is 3.76. The maximum atomic E-state index is 12.5. The predicted molar refractivity (Wildman–Crippen MR) is 102 cm³/mol. The fourth-order valence-corrected chi connectivity index (χ4v) is 2.67. The SMILES string of the molecule is CCc1ccc(NC(=O)c2ccnc(Nc3ccc4c(c3)OCO4)n2)cc1. The van der Waals surface area contributed by atoms with Crippen molar-refractivity contribution in [2.24, 2.45) is 0 Å². The van der Waals surface area contributed by atoms with Gasteiger partial charge in [0.2, 0.25) is 12.7 Å². The van der Waals surface area contributed by atoms with E-state index >= 15 is 0 Å². The smallest absolute Gasteiger partial charge is 0.274 e. The number of anilines is 3. The monoisotopic (exact) mass is 362 g/mol. The molecule has 7 nitrogen and oxygen atoms in total. The zero-order valence-corrected chi connectivity index (χ0v) is 14.7. The van der Waals surface area contributed by atoms with Crippen LogP contribution in [0.1, 0.15) is 23.0 Å². The molecule has 0 fully saturated rings. The Bertz CT molecular complexity index is 973. The average molecular weight is 362 g/mol. The molecule has 3 aromatic rings. The Hall–Kier alpha value is -3.61. The Morgan fingerprint density at radius 3 is 2.63 bits per heavy atom. The third-order valence-electron chi connectivity index (χ3n) is 4.14. The summed E-state index contributed by atoms with van der Waals surface area (Å²) in [6, 6.07) is 14.7. The van der Waals surface area contributed by atoms with Crippen LogP contribution in [0.3, 0.4) is 0 Å². The van der Waals surface area contributed by atoms with E-state index in [0.29, 0.717) is 17.4 Å². The number of ether oxygens (including phenoxy) is 2. The van der Waals surface area contributed by atoms with Gasteiger partial charge in [-0.25, -0.2) is 9.97 Å². The highest BCUT2D eigenvalue weighted by Gasteiger charge is 2.14. The van der Waals surface area contributed by atoms with Crippen LogP contribution >= 0.6 is 0 Å². The van der Waals surface area contributed by atoms with E-state index in [1.54, 1.807) is 18.2 Å². The quantitative estimate of drug-likeness (QED) is 0.719. The van der Waals surface area contributed by atoms with Crippen LogP contribution in [-0.4, -0.2) is 22.7 Å². The third kappa shape index (κ3) is 3.82. The van der Waals surface area contributed by atoms with Crippen LogP contribution < -0.4 is 20.1 Å². The number of hydrogen-bond donors (Lipinski definition) is 2. The van der Waals surface area contributed by atoms with E-state index in [1.165, 1.54) is 11.8 Å². The van der Waals surface area contributed by atoms with Crippen molar-refractivity contribution in [3.63, 3.8) is 0 Å². The highest BCUT2D eigenvalue weighted by Crippen LogP contribution is 2.34. The van der Waals surface area contributed by atoms with Crippen LogP contribution in [0, 0.1) is 0 Å². The second kappa shape index (κ2) is 7.33. The molecule has 1 amide bonds. The Morgan fingerprint density at radius 1 is 1.04 bits per heavy atom. The van der Waals surface area contributed by atoms with E-state index in [9.17, 15) is 4.79 Å². The minimum atomic E-state index is -0.296. The summed E-state index contributed by atoms with van der Waals surface area (Å²) in [5.74, 6) is 1.38. The molecule has 0 spiro atoms. The molecule has 1 aliphatic rings. The van der Waals surface area contributed by atoms with Crippen molar-refractivity contribution in [2.45, 2.75) is 13.3 Å². The molecule has 0 aliphatic carbocycles. The summed E-state index contributed by atoms with van der Waals surface area (Å²) in [5.41, 5.74) is 2.95. The van der Waals surface area contributed by atoms with E-state index in [0.717, 1.165) is 17.8 Å². The van der Waals surface area contributed by atoms with E-state index < -0.39 is 0 Å². The van der Waals surface area contributed by atoms with Gasteiger partial charge < -0.3 is 20.1 Å². The van der Waals surface area contributed by atoms with E-state index in [1.807, 2.05) is 30.3 Å². The molecule has 27 heavy (non-hydrogen) atoms. The normalized spacial score (nSPS) is 11.9. The number of carbonyl (C=O) groups excluding carboxylic acids is 1. The lowest BCUT2D eigenvalue weighted by molar-refractivity contribution is 0.102. The molecule has 2 aromatic carbocycles. The molecular formula is C20H18N4O3. The Morgan fingerprint density at radius 2 is 1.81 bits per heavy atom. The van der Waals surface area contributed by atoms with Gasteiger partial charge in [-0.1, -0.05) is 19.1 Å². The molecule has 7 heteroatoms. The first-order chi connectivity index (χ1) is 13.2. The molecule has 1 aliphatic heterocycles. The first kappa shape index (κ1) is 16.8. The first-order valence-corrected chi connectivity index (χ1v) is 8.61. The van der Waals surface area contributed by atoms with Crippen LogP contribution in [0.15, 0.2) is 54.7 Å². The van der Waals surface area contributed by atoms with Crippen LogP contribution in [0.25, 0.3) is 0 Å². The molecule has 1 aromatic heterocycles. The van der Waals surface area contributed by atoms with Crippen molar-refractivity contribution in [1.29, 1.82) is 0 Å². The van der Waals surface area contributed by atoms with Crippen molar-refractivity contribution in [1.82, 2.24) is 9.97 Å². The summed E-state index contributed by atoms with van der Waals surface area (Å²) in [6.45, 7) is 2.30. The van der Waals surface area contributed by atoms with Gasteiger partial charge in [0.15, 0.2) is 11.5 Å². The number of aromatic nitrogens is 2. The molecule has 0 atom stereocenters. The molecule has 136 valence electrons. The average Bonchev–Trinajstić information content (AvgIpc) is 3.16. The van der Waals surface area contributed by atoms with Crippen molar-refractivity contribution < 1.29 is 14.3 Å². The molecule has 4 rings (SSSR count). The topological polar surface area (TPSA) is 85.4 Å². The van der Waals surface area contributed by atoms with Gasteiger partial charge in [0.05, 0.1) is 0 Å². The standard InChI is InChI=1S/C20H18N4O3/c1-2-13-3-5-14(6-4-13)22-19(25)16-9-10-21-20(24-16)23-15-7-8-17-18(11-15)27-12-26-17/h3-11H,2,12H2,1H3,(H,22,25)(H,21,23,24). The maximum Gasteiger partial charge on any atom is 0.274 e. The summed E-state index contributed by atoms with van der Waals surface area (Å²) >= 11 is 0. The Balaban J connectivity index is 1.47. The minimum absolute atomic E-state index is 0.212. The van der Waals surface area contributed by atoms with Gasteiger partial charge in [0, 0.05) is 23.6 Å². The van der Waals surface area contributed by atoms with Gasteiger partial charge in [-0.05, 0) is 42.3 Å². The zero-order chi connectivity index (χ0) is 18.6. The molecule has 2 heterocycles. The fraction of sp³-hybridized carbons (Fsp3) is 0.150. The largest absolute Gasteiger partial charge is 0.454 e. The maximum absolute atomic E-state index is 12.5. The number of rotatable bonds is 5. The van der Waals surface area contributed by atoms with Gasteiger partial charge in [-0.15, -0.1) is 0 Å². The fourth-order valence-electron chi connectivity index (χ4n) is 2.67. The summed E-state index contributed by atoms with van der Waals surface area (Å²) in [5, 5.41) is 5.91. The Kier molecular flexibility index (Phi) is 4.57. The van der Waals surface area contributed by atoms with Crippen LogP contribution in [0.5, 0.6) is 11.5 Å². The molecule has 0 bridgehead atoms. The van der Waals surface area contributed by atoms with Crippen molar-refractivity contribution >= 4 is 23.2 Å². The zero-order valence-electron chi connectivity index (χ0n) is 14.7. The number of carbonyl (C=O) groups is 1. The molecular weight excluding hydrogens is 344 g/mol. The van der Waals surface area contributed by atoms with Crippen molar-refractivity contribution in [2.75, 3.05) is 17.4 Å². The summed E-state index contributed by atoms with van der Waals surface area (Å²) in [7, 11) is 0. The van der Waals surface area contributed by atoms with Crippen molar-refractivity contribution in [3.8, 4) is 11.5 Å². The lowest BCUT2D eigenvalue weighted by Crippen LogP contribution is -2.14. The Labute approximate surface area is 156 Å². The van der Waals surface area contributed by atoms with E-state index in [-0.39, 0.29) is 18.4 Å². The minimum Gasteiger partial charge on any atom is -0.454 e. The van der Waals surface area contributed by atoms with E-state index in [2.05, 4.69) is 27.5 Å². The van der Waals surface area contributed by atoms with Gasteiger partial charge in [-0.3, -0.25) is 4.79 Å². The number of benzene rings is 2. The molecule has 2 N–H and O–H groups in total. The van der Waals surface area contributed by atoms with Crippen LogP contribution in [0.2, 0.25) is 0 Å². The third-order valence-corrected chi connectivity index (χ3v) is 4.14. The van der Waals surface area contributed by atoms with E-state index in [4.69, 9.17) is 9.47 Å². The lowest BCUT2D eigenvalue weighted by atomic mass is 10.1. The van der Waals surface area contributed by atoms with Gasteiger partial charge >= 0.3 is 0 Å². The summed E-state index contributed by atoms with van der Waals surface area (Å²) in [4.78, 5) is 20.9. The molecule has 0 unspecified atom stereocenters. The van der Waals surface area contributed by atoms with Gasteiger partial charge in [0.1, 0.15) is 5.69 Å². The summed E-state index contributed by atoms with van der Waals surface area (Å²) < 4.78 is 10.6. The van der Waals surface area contributed by atoms with Crippen molar-refractivity contribution in [3.05, 3.63) is 66.0 Å². The van der Waals surface area contributed by atoms with Gasteiger partial charge in [-0.2, -0.15) is 0 Å². The first-order valence-electron chi connectivity index (χ1n) is 8.61. The number of aryl methyl sites for hydroxylation is 1. The highest BCUT2D eigenvalue weighted by atomic mass is 16.7. The lowest BCUT2D eigenvalue weighted by Gasteiger charge is -2.08. The van der Waals surface area contributed by atoms with Crippen LogP contribution in [0.4, 0.5) is 17.3 Å². The number of hydrogen-bond acceptors (Lipinski definition) is 6.